The van der Waals surface area contributed by atoms with Crippen molar-refractivity contribution in [3.8, 4) is 0 Å². The first-order valence-electron chi connectivity index (χ1n) is 5.72. The summed E-state index contributed by atoms with van der Waals surface area (Å²) in [5, 5.41) is 0. The Hall–Kier alpha value is -1.42. The van der Waals surface area contributed by atoms with Crippen LogP contribution in [-0.4, -0.2) is 16.0 Å². The first-order chi connectivity index (χ1) is 7.72. The van der Waals surface area contributed by atoms with Crippen molar-refractivity contribution in [3.05, 3.63) is 23.7 Å². The van der Waals surface area contributed by atoms with Gasteiger partial charge < -0.3 is 10.2 Å². The number of fused-ring (bicyclic) bond motifs is 1. The summed E-state index contributed by atoms with van der Waals surface area (Å²) in [6, 6.07) is 4.18. The van der Waals surface area contributed by atoms with Crippen LogP contribution in [0.15, 0.2) is 16.5 Å². The van der Waals surface area contributed by atoms with E-state index in [0.29, 0.717) is 12.0 Å². The Labute approximate surface area is 93.9 Å². The van der Waals surface area contributed by atoms with Crippen LogP contribution in [0, 0.1) is 6.92 Å². The van der Waals surface area contributed by atoms with Gasteiger partial charge in [0, 0.05) is 17.7 Å². The molecule has 1 saturated carbocycles. The molecule has 1 aliphatic rings. The molecule has 2 unspecified atom stereocenters. The van der Waals surface area contributed by atoms with E-state index >= 15 is 0 Å². The van der Waals surface area contributed by atoms with Gasteiger partial charge in [0.1, 0.15) is 0 Å². The van der Waals surface area contributed by atoms with Gasteiger partial charge in [0.2, 0.25) is 0 Å². The van der Waals surface area contributed by atoms with Crippen LogP contribution in [-0.2, 0) is 0 Å². The molecule has 2 atom stereocenters. The number of pyridine rings is 1. The van der Waals surface area contributed by atoms with Gasteiger partial charge in [-0.2, -0.15) is 4.98 Å². The fraction of sp³-hybridized carbons (Fsp3) is 0.500. The Balaban J connectivity index is 1.99. The fourth-order valence-electron chi connectivity index (χ4n) is 2.35. The molecule has 4 nitrogen and oxygen atoms in total. The highest BCUT2D eigenvalue weighted by molar-refractivity contribution is 5.67. The maximum atomic E-state index is 5.90. The van der Waals surface area contributed by atoms with E-state index in [0.717, 1.165) is 42.1 Å². The van der Waals surface area contributed by atoms with Crippen LogP contribution in [0.25, 0.3) is 11.2 Å². The van der Waals surface area contributed by atoms with Crippen LogP contribution in [0.5, 0.6) is 0 Å². The molecule has 1 fully saturated rings. The zero-order valence-electron chi connectivity index (χ0n) is 9.31. The molecule has 0 spiro atoms. The summed E-state index contributed by atoms with van der Waals surface area (Å²) in [6.45, 7) is 1.96. The van der Waals surface area contributed by atoms with E-state index in [9.17, 15) is 0 Å². The van der Waals surface area contributed by atoms with Crippen molar-refractivity contribution in [2.75, 3.05) is 0 Å². The molecular weight excluding hydrogens is 202 g/mol. The van der Waals surface area contributed by atoms with Crippen LogP contribution >= 0.6 is 0 Å². The minimum Gasteiger partial charge on any atom is -0.439 e. The highest BCUT2D eigenvalue weighted by atomic mass is 16.3. The Bertz CT molecular complexity index is 520. The molecule has 2 aromatic rings. The number of nitrogens with zero attached hydrogens (tertiary/aromatic N) is 2. The van der Waals surface area contributed by atoms with Crippen molar-refractivity contribution in [1.82, 2.24) is 9.97 Å². The lowest BCUT2D eigenvalue weighted by Crippen LogP contribution is -2.14. The minimum absolute atomic E-state index is 0.301. The van der Waals surface area contributed by atoms with Crippen molar-refractivity contribution >= 4 is 11.2 Å². The lowest BCUT2D eigenvalue weighted by Gasteiger charge is -2.02. The molecule has 16 heavy (non-hydrogen) atoms. The molecular formula is C12H15N3O. The molecule has 2 N–H and O–H groups in total. The molecule has 4 heteroatoms. The summed E-state index contributed by atoms with van der Waals surface area (Å²) in [4.78, 5) is 8.81. The standard InChI is InChI=1S/C12H15N3O/c1-7-2-5-10-11(14-7)15-12(16-10)8-3-4-9(13)6-8/h2,5,8-9H,3-4,6,13H2,1H3. The average molecular weight is 217 g/mol. The number of hydrogen-bond acceptors (Lipinski definition) is 4. The summed E-state index contributed by atoms with van der Waals surface area (Å²) in [6.07, 6.45) is 3.12. The van der Waals surface area contributed by atoms with Gasteiger partial charge in [0.15, 0.2) is 17.1 Å². The monoisotopic (exact) mass is 217 g/mol. The first kappa shape index (κ1) is 9.78. The highest BCUT2D eigenvalue weighted by Gasteiger charge is 2.27. The third-order valence-electron chi connectivity index (χ3n) is 3.23. The van der Waals surface area contributed by atoms with Crippen molar-refractivity contribution in [3.63, 3.8) is 0 Å². The lowest BCUT2D eigenvalue weighted by atomic mass is 10.1. The van der Waals surface area contributed by atoms with Crippen molar-refractivity contribution < 1.29 is 4.42 Å². The molecule has 0 aliphatic heterocycles. The van der Waals surface area contributed by atoms with Crippen LogP contribution < -0.4 is 5.73 Å². The predicted octanol–water partition coefficient (Wildman–Crippen LogP) is 2.13. The summed E-state index contributed by atoms with van der Waals surface area (Å²) in [5.41, 5.74) is 8.36. The molecule has 3 rings (SSSR count). The summed E-state index contributed by atoms with van der Waals surface area (Å²) in [5.74, 6) is 1.19. The average Bonchev–Trinajstić information content (AvgIpc) is 2.83. The quantitative estimate of drug-likeness (QED) is 0.794. The van der Waals surface area contributed by atoms with Gasteiger partial charge in [-0.3, -0.25) is 0 Å². The molecule has 2 heterocycles. The molecule has 0 bridgehead atoms. The smallest absolute Gasteiger partial charge is 0.200 e. The second-order valence-corrected chi connectivity index (χ2v) is 4.60. The fourth-order valence-corrected chi connectivity index (χ4v) is 2.35. The molecule has 1 aliphatic carbocycles. The number of hydrogen-bond donors (Lipinski definition) is 1. The maximum Gasteiger partial charge on any atom is 0.200 e. The van der Waals surface area contributed by atoms with Gasteiger partial charge in [-0.05, 0) is 38.3 Å². The van der Waals surface area contributed by atoms with E-state index in [1.54, 1.807) is 0 Å². The first-order valence-corrected chi connectivity index (χ1v) is 5.72. The zero-order chi connectivity index (χ0) is 11.1. The van der Waals surface area contributed by atoms with Crippen LogP contribution in [0.2, 0.25) is 0 Å². The van der Waals surface area contributed by atoms with Gasteiger partial charge >= 0.3 is 0 Å². The van der Waals surface area contributed by atoms with E-state index in [-0.39, 0.29) is 0 Å². The van der Waals surface area contributed by atoms with E-state index < -0.39 is 0 Å². The van der Waals surface area contributed by atoms with Crippen molar-refractivity contribution in [2.45, 2.75) is 38.1 Å². The SMILES string of the molecule is Cc1ccc2oc(C3CCC(N)C3)nc2n1. The number of rotatable bonds is 1. The van der Waals surface area contributed by atoms with Crippen LogP contribution in [0.1, 0.15) is 36.8 Å². The number of aromatic nitrogens is 2. The molecule has 84 valence electrons. The largest absolute Gasteiger partial charge is 0.439 e. The third-order valence-corrected chi connectivity index (χ3v) is 3.23. The number of aryl methyl sites for hydroxylation is 1. The molecule has 0 radical (unpaired) electrons. The van der Waals surface area contributed by atoms with E-state index in [1.807, 2.05) is 19.1 Å². The van der Waals surface area contributed by atoms with Gasteiger partial charge in [0.05, 0.1) is 0 Å². The topological polar surface area (TPSA) is 64.9 Å². The lowest BCUT2D eigenvalue weighted by molar-refractivity contribution is 0.471. The Morgan fingerprint density at radius 1 is 1.31 bits per heavy atom. The maximum absolute atomic E-state index is 5.90. The summed E-state index contributed by atoms with van der Waals surface area (Å²) in [7, 11) is 0. The highest BCUT2D eigenvalue weighted by Crippen LogP contribution is 2.34. The summed E-state index contributed by atoms with van der Waals surface area (Å²) >= 11 is 0. The van der Waals surface area contributed by atoms with Gasteiger partial charge in [-0.25, -0.2) is 4.98 Å². The van der Waals surface area contributed by atoms with Crippen LogP contribution in [0.3, 0.4) is 0 Å². The van der Waals surface area contributed by atoms with E-state index in [4.69, 9.17) is 10.2 Å². The number of nitrogens with two attached hydrogens (primary N) is 1. The Kier molecular flexibility index (Phi) is 2.17. The second-order valence-electron chi connectivity index (χ2n) is 4.60. The van der Waals surface area contributed by atoms with E-state index in [2.05, 4.69) is 9.97 Å². The molecule has 0 aromatic carbocycles. The third kappa shape index (κ3) is 1.59. The Morgan fingerprint density at radius 2 is 2.19 bits per heavy atom. The van der Waals surface area contributed by atoms with Gasteiger partial charge in [0.25, 0.3) is 0 Å². The Morgan fingerprint density at radius 3 is 2.94 bits per heavy atom. The molecule has 0 saturated heterocycles. The number of oxazole rings is 1. The van der Waals surface area contributed by atoms with Gasteiger partial charge in [-0.15, -0.1) is 0 Å². The van der Waals surface area contributed by atoms with Crippen LogP contribution in [0.4, 0.5) is 0 Å². The predicted molar refractivity (Wildman–Crippen MR) is 61.1 cm³/mol. The summed E-state index contributed by atoms with van der Waals surface area (Å²) < 4.78 is 5.73. The van der Waals surface area contributed by atoms with Crippen molar-refractivity contribution in [2.24, 2.45) is 5.73 Å². The minimum atomic E-state index is 0.301. The van der Waals surface area contributed by atoms with Crippen molar-refractivity contribution in [1.29, 1.82) is 0 Å². The zero-order valence-corrected chi connectivity index (χ0v) is 9.31. The molecule has 0 amide bonds. The van der Waals surface area contributed by atoms with Gasteiger partial charge in [-0.1, -0.05) is 0 Å². The normalized spacial score (nSPS) is 25.4. The molecule has 2 aromatic heterocycles. The second kappa shape index (κ2) is 3.56. The van der Waals surface area contributed by atoms with E-state index in [1.165, 1.54) is 0 Å².